The zero-order valence-electron chi connectivity index (χ0n) is 20.7. The molecule has 1 aliphatic heterocycles. The predicted molar refractivity (Wildman–Crippen MR) is 142 cm³/mol. The number of aromatic nitrogens is 1. The average Bonchev–Trinajstić information content (AvgIpc) is 3.51. The van der Waals surface area contributed by atoms with E-state index >= 15 is 0 Å². The Kier molecular flexibility index (Phi) is 8.90. The van der Waals surface area contributed by atoms with Crippen molar-refractivity contribution in [3.8, 4) is 5.75 Å². The SMILES string of the molecule is CCCCCOc1ccc(/C=c2/sc3n(c2=O)[C@H](c2cccs2)C(C(=O)OCCOC)=C(C)N=3)cc1. The Morgan fingerprint density at radius 3 is 2.64 bits per heavy atom. The molecule has 1 aliphatic rings. The molecule has 0 aliphatic carbocycles. The van der Waals surface area contributed by atoms with Crippen molar-refractivity contribution in [2.24, 2.45) is 4.99 Å². The lowest BCUT2D eigenvalue weighted by Gasteiger charge is -2.23. The highest BCUT2D eigenvalue weighted by Crippen LogP contribution is 2.33. The first kappa shape index (κ1) is 26.1. The van der Waals surface area contributed by atoms with Crippen molar-refractivity contribution < 1.29 is 19.0 Å². The van der Waals surface area contributed by atoms with E-state index in [0.717, 1.165) is 35.5 Å². The van der Waals surface area contributed by atoms with Gasteiger partial charge in [-0.1, -0.05) is 49.3 Å². The number of esters is 1. The standard InChI is InChI=1S/C27H30N2O5S2/c1-4-5-6-13-33-20-11-9-19(10-12-20)17-22-25(30)29-24(21-8-7-16-35-21)23(18(2)28-27(29)36-22)26(31)34-15-14-32-3/h7-12,16-17,24H,4-6,13-15H2,1-3H3/b22-17+/t24-/m1/s1. The maximum absolute atomic E-state index is 13.6. The highest BCUT2D eigenvalue weighted by atomic mass is 32.1. The zero-order valence-corrected chi connectivity index (χ0v) is 22.3. The van der Waals surface area contributed by atoms with Gasteiger partial charge in [0.25, 0.3) is 5.56 Å². The smallest absolute Gasteiger partial charge is 0.338 e. The number of unbranched alkanes of at least 4 members (excludes halogenated alkanes) is 2. The van der Waals surface area contributed by atoms with Crippen molar-refractivity contribution in [3.63, 3.8) is 0 Å². The molecule has 36 heavy (non-hydrogen) atoms. The highest BCUT2D eigenvalue weighted by Gasteiger charge is 2.34. The topological polar surface area (TPSA) is 79.1 Å². The van der Waals surface area contributed by atoms with E-state index in [9.17, 15) is 9.59 Å². The lowest BCUT2D eigenvalue weighted by molar-refractivity contribution is -0.140. The summed E-state index contributed by atoms with van der Waals surface area (Å²) in [5.74, 6) is 0.324. The summed E-state index contributed by atoms with van der Waals surface area (Å²) in [5, 5.41) is 1.93. The van der Waals surface area contributed by atoms with Crippen LogP contribution < -0.4 is 19.6 Å². The van der Waals surface area contributed by atoms with Crippen molar-refractivity contribution in [2.45, 2.75) is 39.2 Å². The third kappa shape index (κ3) is 5.86. The second kappa shape index (κ2) is 12.3. The van der Waals surface area contributed by atoms with Gasteiger partial charge in [-0.15, -0.1) is 11.3 Å². The quantitative estimate of drug-likeness (QED) is 0.278. The molecule has 3 heterocycles. The van der Waals surface area contributed by atoms with Gasteiger partial charge in [-0.2, -0.15) is 0 Å². The van der Waals surface area contributed by atoms with E-state index in [1.807, 2.05) is 47.9 Å². The molecule has 4 rings (SSSR count). The van der Waals surface area contributed by atoms with Crippen LogP contribution in [0.25, 0.3) is 6.08 Å². The van der Waals surface area contributed by atoms with E-state index in [1.54, 1.807) is 18.6 Å². The minimum absolute atomic E-state index is 0.131. The molecule has 0 saturated carbocycles. The Morgan fingerprint density at radius 1 is 1.14 bits per heavy atom. The molecular formula is C27H30N2O5S2. The number of rotatable bonds is 11. The molecule has 0 saturated heterocycles. The number of allylic oxidation sites excluding steroid dienone is 1. The van der Waals surface area contributed by atoms with E-state index in [4.69, 9.17) is 14.2 Å². The van der Waals surface area contributed by atoms with Crippen LogP contribution >= 0.6 is 22.7 Å². The molecule has 0 spiro atoms. The van der Waals surface area contributed by atoms with E-state index in [1.165, 1.54) is 22.7 Å². The van der Waals surface area contributed by atoms with E-state index in [-0.39, 0.29) is 12.2 Å². The normalized spacial score (nSPS) is 15.5. The number of methoxy groups -OCH3 is 1. The van der Waals surface area contributed by atoms with E-state index in [2.05, 4.69) is 11.9 Å². The van der Waals surface area contributed by atoms with Gasteiger partial charge in [-0.25, -0.2) is 9.79 Å². The monoisotopic (exact) mass is 526 g/mol. The fourth-order valence-corrected chi connectivity index (χ4v) is 5.82. The highest BCUT2D eigenvalue weighted by molar-refractivity contribution is 7.10. The third-order valence-electron chi connectivity index (χ3n) is 5.77. The Hall–Kier alpha value is -3.01. The van der Waals surface area contributed by atoms with Crippen LogP contribution in [0.3, 0.4) is 0 Å². The zero-order chi connectivity index (χ0) is 25.5. The number of carbonyl (C=O) groups excluding carboxylic acids is 1. The number of hydrogen-bond acceptors (Lipinski definition) is 8. The molecule has 0 fully saturated rings. The Morgan fingerprint density at radius 2 is 1.94 bits per heavy atom. The van der Waals surface area contributed by atoms with Crippen LogP contribution in [0.4, 0.5) is 0 Å². The summed E-state index contributed by atoms with van der Waals surface area (Å²) in [6.45, 7) is 5.07. The van der Waals surface area contributed by atoms with Gasteiger partial charge in [-0.3, -0.25) is 9.36 Å². The maximum Gasteiger partial charge on any atom is 0.338 e. The first-order valence-corrected chi connectivity index (χ1v) is 13.7. The van der Waals surface area contributed by atoms with Crippen LogP contribution in [0.5, 0.6) is 5.75 Å². The van der Waals surface area contributed by atoms with Gasteiger partial charge in [0.05, 0.1) is 29.0 Å². The molecule has 0 radical (unpaired) electrons. The number of fused-ring (bicyclic) bond motifs is 1. The summed E-state index contributed by atoms with van der Waals surface area (Å²) in [7, 11) is 1.55. The number of thiazole rings is 1. The summed E-state index contributed by atoms with van der Waals surface area (Å²) in [4.78, 5) is 32.7. The van der Waals surface area contributed by atoms with Gasteiger partial charge in [0.15, 0.2) is 4.80 Å². The number of ether oxygens (including phenoxy) is 3. The molecule has 3 aromatic rings. The van der Waals surface area contributed by atoms with Crippen molar-refractivity contribution in [2.75, 3.05) is 26.9 Å². The second-order valence-corrected chi connectivity index (χ2v) is 10.3. The van der Waals surface area contributed by atoms with Gasteiger partial charge in [0.1, 0.15) is 18.4 Å². The van der Waals surface area contributed by atoms with Crippen LogP contribution in [0.1, 0.15) is 49.6 Å². The van der Waals surface area contributed by atoms with Gasteiger partial charge in [-0.05, 0) is 48.6 Å². The van der Waals surface area contributed by atoms with Gasteiger partial charge < -0.3 is 14.2 Å². The maximum atomic E-state index is 13.6. The average molecular weight is 527 g/mol. The van der Waals surface area contributed by atoms with Crippen molar-refractivity contribution >= 4 is 34.7 Å². The van der Waals surface area contributed by atoms with Crippen LogP contribution in [-0.4, -0.2) is 37.5 Å². The molecule has 2 aromatic heterocycles. The molecule has 0 unspecified atom stereocenters. The van der Waals surface area contributed by atoms with Gasteiger partial charge in [0, 0.05) is 12.0 Å². The largest absolute Gasteiger partial charge is 0.494 e. The molecule has 0 bridgehead atoms. The predicted octanol–water partition coefficient (Wildman–Crippen LogP) is 4.06. The number of nitrogens with zero attached hydrogens (tertiary/aromatic N) is 2. The van der Waals surface area contributed by atoms with Crippen LogP contribution in [0.2, 0.25) is 0 Å². The minimum atomic E-state index is -0.586. The number of hydrogen-bond donors (Lipinski definition) is 0. The fourth-order valence-electron chi connectivity index (χ4n) is 3.95. The number of benzene rings is 1. The lowest BCUT2D eigenvalue weighted by atomic mass is 10.0. The van der Waals surface area contributed by atoms with Crippen molar-refractivity contribution in [3.05, 3.63) is 83.2 Å². The van der Waals surface area contributed by atoms with Crippen LogP contribution in [0, 0.1) is 0 Å². The van der Waals surface area contributed by atoms with Gasteiger partial charge >= 0.3 is 5.97 Å². The summed E-state index contributed by atoms with van der Waals surface area (Å²) in [5.41, 5.74) is 1.63. The molecule has 0 amide bonds. The third-order valence-corrected chi connectivity index (χ3v) is 7.68. The van der Waals surface area contributed by atoms with Gasteiger partial charge in [0.2, 0.25) is 0 Å². The molecule has 1 atom stereocenters. The van der Waals surface area contributed by atoms with E-state index < -0.39 is 12.0 Å². The lowest BCUT2D eigenvalue weighted by Crippen LogP contribution is -2.39. The molecule has 1 aromatic carbocycles. The summed E-state index contributed by atoms with van der Waals surface area (Å²) in [6, 6.07) is 11.0. The Balaban J connectivity index is 1.67. The number of thiophene rings is 1. The Bertz CT molecular complexity index is 1390. The molecule has 0 N–H and O–H groups in total. The summed E-state index contributed by atoms with van der Waals surface area (Å²) < 4.78 is 18.4. The fraction of sp³-hybridized carbons (Fsp3) is 0.370. The molecule has 7 nitrogen and oxygen atoms in total. The summed E-state index contributed by atoms with van der Waals surface area (Å²) in [6.07, 6.45) is 5.19. The molecule has 190 valence electrons. The minimum Gasteiger partial charge on any atom is -0.494 e. The van der Waals surface area contributed by atoms with Crippen molar-refractivity contribution in [1.82, 2.24) is 4.57 Å². The molecular weight excluding hydrogens is 496 g/mol. The van der Waals surface area contributed by atoms with Crippen LogP contribution in [0.15, 0.2) is 62.8 Å². The molecule has 9 heteroatoms. The van der Waals surface area contributed by atoms with Crippen molar-refractivity contribution in [1.29, 1.82) is 0 Å². The summed E-state index contributed by atoms with van der Waals surface area (Å²) >= 11 is 2.81. The first-order chi connectivity index (χ1) is 17.5. The van der Waals surface area contributed by atoms with Crippen LogP contribution in [-0.2, 0) is 14.3 Å². The first-order valence-electron chi connectivity index (χ1n) is 12.0. The Labute approximate surface area is 218 Å². The number of carbonyl (C=O) groups is 1. The second-order valence-electron chi connectivity index (χ2n) is 8.35. The van der Waals surface area contributed by atoms with E-state index in [0.29, 0.717) is 33.8 Å².